The van der Waals surface area contributed by atoms with Crippen LogP contribution in [-0.4, -0.2) is 64.5 Å². The molecule has 4 N–H and O–H groups in total. The molecule has 2 aromatic heterocycles. The molecule has 1 aliphatic heterocycles. The van der Waals surface area contributed by atoms with Crippen molar-refractivity contribution in [1.82, 2.24) is 19.9 Å². The summed E-state index contributed by atoms with van der Waals surface area (Å²) in [4.78, 5) is 27.5. The average molecular weight is 541 g/mol. The van der Waals surface area contributed by atoms with E-state index in [-0.39, 0.29) is 24.3 Å². The second kappa shape index (κ2) is 10.8. The van der Waals surface area contributed by atoms with Crippen LogP contribution in [0.25, 0.3) is 21.3 Å². The zero-order valence-electron chi connectivity index (χ0n) is 21.2. The summed E-state index contributed by atoms with van der Waals surface area (Å²) < 4.78 is 12.1. The minimum absolute atomic E-state index is 0.00884. The minimum atomic E-state index is -0.106. The second-order valence-electron chi connectivity index (χ2n) is 9.47. The molecule has 1 atom stereocenters. The van der Waals surface area contributed by atoms with Crippen molar-refractivity contribution in [2.45, 2.75) is 12.3 Å². The van der Waals surface area contributed by atoms with E-state index in [1.807, 2.05) is 66.7 Å². The highest BCUT2D eigenvalue weighted by atomic mass is 32.1. The molecule has 0 bridgehead atoms. The number of thiazole rings is 1. The van der Waals surface area contributed by atoms with Crippen LogP contribution in [0.2, 0.25) is 0 Å². The molecule has 6 rings (SSSR count). The van der Waals surface area contributed by atoms with Gasteiger partial charge >= 0.3 is 0 Å². The van der Waals surface area contributed by atoms with E-state index in [0.717, 1.165) is 37.6 Å². The van der Waals surface area contributed by atoms with Crippen LogP contribution in [-0.2, 0) is 16.0 Å². The van der Waals surface area contributed by atoms with Crippen molar-refractivity contribution < 1.29 is 14.3 Å². The standard InChI is InChI=1S/C29H28N6O3S/c30-27(31)19-7-10-24-25(16-19)39-29(34-24)21(28-32-22-3-1-2-4-23(22)33-28)15-18-5-8-20(9-6-18)38-17-26(36)35-11-13-37-14-12-35/h1-10,16,21H,11-15,17H2,(H3,30,31)(H,32,33). The number of aromatic nitrogens is 3. The first-order chi connectivity index (χ1) is 19.0. The predicted octanol–water partition coefficient (Wildman–Crippen LogP) is 4.07. The number of H-pyrrole nitrogens is 1. The lowest BCUT2D eigenvalue weighted by Gasteiger charge is -2.26. The number of imidazole rings is 1. The molecular formula is C29H28N6O3S. The van der Waals surface area contributed by atoms with Crippen molar-refractivity contribution in [3.05, 3.63) is 88.7 Å². The number of hydrogen-bond donors (Lipinski definition) is 3. The predicted molar refractivity (Wildman–Crippen MR) is 152 cm³/mol. The molecule has 3 heterocycles. The molecule has 9 nitrogen and oxygen atoms in total. The fourth-order valence-corrected chi connectivity index (χ4v) is 5.81. The molecule has 39 heavy (non-hydrogen) atoms. The number of morpholine rings is 1. The minimum Gasteiger partial charge on any atom is -0.484 e. The number of para-hydroxylation sites is 2. The molecule has 0 radical (unpaired) electrons. The Hall–Kier alpha value is -4.28. The van der Waals surface area contributed by atoms with E-state index >= 15 is 0 Å². The lowest BCUT2D eigenvalue weighted by Crippen LogP contribution is -2.42. The number of nitrogen functional groups attached to an aromatic ring is 1. The van der Waals surface area contributed by atoms with Gasteiger partial charge in [-0.2, -0.15) is 0 Å². The fourth-order valence-electron chi connectivity index (χ4n) is 4.70. The lowest BCUT2D eigenvalue weighted by molar-refractivity contribution is -0.137. The Labute approximate surface area is 229 Å². The highest BCUT2D eigenvalue weighted by molar-refractivity contribution is 7.18. The van der Waals surface area contributed by atoms with Crippen molar-refractivity contribution >= 4 is 44.3 Å². The number of nitrogens with one attached hydrogen (secondary N) is 2. The van der Waals surface area contributed by atoms with E-state index in [1.165, 1.54) is 0 Å². The quantitative estimate of drug-likeness (QED) is 0.201. The molecule has 0 aliphatic carbocycles. The maximum absolute atomic E-state index is 12.4. The molecule has 1 fully saturated rings. The van der Waals surface area contributed by atoms with Crippen LogP contribution in [0.15, 0.2) is 66.7 Å². The van der Waals surface area contributed by atoms with Gasteiger partial charge in [-0.1, -0.05) is 24.3 Å². The Morgan fingerprint density at radius 2 is 1.87 bits per heavy atom. The van der Waals surface area contributed by atoms with Gasteiger partial charge in [0.1, 0.15) is 22.4 Å². The number of nitrogens with two attached hydrogens (primary N) is 1. The summed E-state index contributed by atoms with van der Waals surface area (Å²) in [5, 5.41) is 8.71. The summed E-state index contributed by atoms with van der Waals surface area (Å²) in [7, 11) is 0. The van der Waals surface area contributed by atoms with Crippen LogP contribution in [0.4, 0.5) is 0 Å². The topological polar surface area (TPSA) is 130 Å². The van der Waals surface area contributed by atoms with E-state index in [4.69, 9.17) is 30.6 Å². The number of fused-ring (bicyclic) bond motifs is 2. The number of nitrogens with zero attached hydrogens (tertiary/aromatic N) is 3. The van der Waals surface area contributed by atoms with Crippen LogP contribution < -0.4 is 10.5 Å². The van der Waals surface area contributed by atoms with Gasteiger partial charge in [0.2, 0.25) is 0 Å². The highest BCUT2D eigenvalue weighted by Crippen LogP contribution is 2.34. The molecule has 3 aromatic carbocycles. The van der Waals surface area contributed by atoms with Gasteiger partial charge in [-0.3, -0.25) is 10.2 Å². The van der Waals surface area contributed by atoms with Crippen LogP contribution >= 0.6 is 11.3 Å². The number of amides is 1. The second-order valence-corrected chi connectivity index (χ2v) is 10.5. The smallest absolute Gasteiger partial charge is 0.260 e. The number of hydrogen-bond acceptors (Lipinski definition) is 7. The van der Waals surface area contributed by atoms with Gasteiger partial charge in [0.25, 0.3) is 5.91 Å². The zero-order valence-corrected chi connectivity index (χ0v) is 22.0. The monoisotopic (exact) mass is 540 g/mol. The molecule has 10 heteroatoms. The molecule has 1 saturated heterocycles. The molecule has 1 amide bonds. The van der Waals surface area contributed by atoms with Crippen LogP contribution in [0, 0.1) is 5.41 Å². The van der Waals surface area contributed by atoms with Crippen molar-refractivity contribution in [1.29, 1.82) is 5.41 Å². The molecule has 5 aromatic rings. The summed E-state index contributed by atoms with van der Waals surface area (Å²) >= 11 is 1.59. The Bertz CT molecular complexity index is 1610. The molecule has 1 aliphatic rings. The maximum atomic E-state index is 12.4. The number of carbonyl (C=O) groups is 1. The zero-order chi connectivity index (χ0) is 26.8. The first-order valence-corrected chi connectivity index (χ1v) is 13.6. The van der Waals surface area contributed by atoms with E-state index in [9.17, 15) is 4.79 Å². The molecular weight excluding hydrogens is 512 g/mol. The Kier molecular flexibility index (Phi) is 6.95. The number of amidine groups is 1. The third-order valence-corrected chi connectivity index (χ3v) is 7.97. The van der Waals surface area contributed by atoms with Gasteiger partial charge in [-0.05, 0) is 54.4 Å². The average Bonchev–Trinajstić information content (AvgIpc) is 3.59. The summed E-state index contributed by atoms with van der Waals surface area (Å²) in [5.41, 5.74) is 10.2. The molecule has 198 valence electrons. The first-order valence-electron chi connectivity index (χ1n) is 12.8. The highest BCUT2D eigenvalue weighted by Gasteiger charge is 2.23. The molecule has 0 saturated carbocycles. The summed E-state index contributed by atoms with van der Waals surface area (Å²) in [6, 6.07) is 21.5. The number of aromatic amines is 1. The van der Waals surface area contributed by atoms with Gasteiger partial charge in [-0.15, -0.1) is 11.3 Å². The van der Waals surface area contributed by atoms with Gasteiger partial charge < -0.3 is 25.1 Å². The summed E-state index contributed by atoms with van der Waals surface area (Å²) in [5.74, 6) is 1.40. The van der Waals surface area contributed by atoms with Gasteiger partial charge in [0, 0.05) is 18.7 Å². The lowest BCUT2D eigenvalue weighted by atomic mass is 9.99. The normalized spacial score (nSPS) is 14.5. The number of benzene rings is 3. The van der Waals surface area contributed by atoms with E-state index in [0.29, 0.717) is 44.0 Å². The summed E-state index contributed by atoms with van der Waals surface area (Å²) in [6.07, 6.45) is 0.673. The summed E-state index contributed by atoms with van der Waals surface area (Å²) in [6.45, 7) is 2.35. The van der Waals surface area contributed by atoms with Crippen LogP contribution in [0.3, 0.4) is 0 Å². The van der Waals surface area contributed by atoms with Crippen LogP contribution in [0.5, 0.6) is 5.75 Å². The maximum Gasteiger partial charge on any atom is 0.260 e. The van der Waals surface area contributed by atoms with Gasteiger partial charge in [0.15, 0.2) is 6.61 Å². The first kappa shape index (κ1) is 25.0. The Morgan fingerprint density at radius 1 is 1.08 bits per heavy atom. The largest absolute Gasteiger partial charge is 0.484 e. The number of rotatable bonds is 8. The third kappa shape index (κ3) is 5.47. The van der Waals surface area contributed by atoms with E-state index in [1.54, 1.807) is 16.2 Å². The third-order valence-electron chi connectivity index (χ3n) is 6.84. The van der Waals surface area contributed by atoms with Gasteiger partial charge in [-0.25, -0.2) is 9.97 Å². The van der Waals surface area contributed by atoms with Crippen molar-refractivity contribution in [2.75, 3.05) is 32.9 Å². The SMILES string of the molecule is N=C(N)c1ccc2nc(C(Cc3ccc(OCC(=O)N4CCOCC4)cc3)c3nc4ccccc4[nH]3)sc2c1. The van der Waals surface area contributed by atoms with E-state index in [2.05, 4.69) is 4.98 Å². The fraction of sp³-hybridized carbons (Fsp3) is 0.241. The molecule has 0 spiro atoms. The molecule has 1 unspecified atom stereocenters. The Morgan fingerprint density at radius 3 is 2.64 bits per heavy atom. The van der Waals surface area contributed by atoms with Crippen LogP contribution in [0.1, 0.15) is 27.9 Å². The number of carbonyl (C=O) groups excluding carboxylic acids is 1. The Balaban J connectivity index is 1.24. The van der Waals surface area contributed by atoms with Crippen molar-refractivity contribution in [3.63, 3.8) is 0 Å². The van der Waals surface area contributed by atoms with E-state index < -0.39 is 0 Å². The van der Waals surface area contributed by atoms with Crippen molar-refractivity contribution in [2.24, 2.45) is 5.73 Å². The van der Waals surface area contributed by atoms with Gasteiger partial charge in [0.05, 0.1) is 40.4 Å². The number of ether oxygens (including phenoxy) is 2. The van der Waals surface area contributed by atoms with Crippen molar-refractivity contribution in [3.8, 4) is 5.75 Å².